The molecule has 2 N–H and O–H groups in total. The van der Waals surface area contributed by atoms with Crippen molar-refractivity contribution in [3.63, 3.8) is 0 Å². The predicted molar refractivity (Wildman–Crippen MR) is 78.2 cm³/mol. The molecule has 5 heteroatoms. The van der Waals surface area contributed by atoms with Crippen molar-refractivity contribution < 1.29 is 0 Å². The van der Waals surface area contributed by atoms with Gasteiger partial charge in [-0.3, -0.25) is 9.89 Å². The third-order valence-electron chi connectivity index (χ3n) is 3.20. The van der Waals surface area contributed by atoms with Crippen molar-refractivity contribution >= 4 is 5.96 Å². The average Bonchev–Trinajstić information content (AvgIpc) is 2.27. The number of nitrogens with one attached hydrogen (secondary N) is 2. The lowest BCUT2D eigenvalue weighted by Crippen LogP contribution is -2.56. The molecule has 1 saturated heterocycles. The highest BCUT2D eigenvalue weighted by molar-refractivity contribution is 5.80. The zero-order chi connectivity index (χ0) is 13.8. The average molecular weight is 255 g/mol. The topological polar surface area (TPSA) is 42.9 Å². The molecule has 1 fully saturated rings. The van der Waals surface area contributed by atoms with Crippen molar-refractivity contribution in [2.45, 2.75) is 32.4 Å². The quantitative estimate of drug-likeness (QED) is 0.546. The van der Waals surface area contributed by atoms with Crippen molar-refractivity contribution in [2.24, 2.45) is 4.99 Å². The SMILES string of the molecule is CN=C(NCC1CN(C)CCN1C)NC(C)(C)C. The lowest BCUT2D eigenvalue weighted by Gasteiger charge is -2.38. The van der Waals surface area contributed by atoms with Crippen LogP contribution in [0.2, 0.25) is 0 Å². The van der Waals surface area contributed by atoms with Gasteiger partial charge in [0.25, 0.3) is 0 Å². The summed E-state index contributed by atoms with van der Waals surface area (Å²) in [5, 5.41) is 6.80. The van der Waals surface area contributed by atoms with Crippen LogP contribution >= 0.6 is 0 Å². The first kappa shape index (κ1) is 15.2. The molecule has 0 aromatic rings. The highest BCUT2D eigenvalue weighted by Gasteiger charge is 2.22. The van der Waals surface area contributed by atoms with Gasteiger partial charge in [-0.05, 0) is 34.9 Å². The fourth-order valence-corrected chi connectivity index (χ4v) is 2.07. The van der Waals surface area contributed by atoms with Crippen LogP contribution in [0.3, 0.4) is 0 Å². The van der Waals surface area contributed by atoms with E-state index in [9.17, 15) is 0 Å². The molecular weight excluding hydrogens is 226 g/mol. The van der Waals surface area contributed by atoms with Gasteiger partial charge < -0.3 is 15.5 Å². The number of aliphatic imine (C=N–C) groups is 1. The molecule has 0 aromatic heterocycles. The summed E-state index contributed by atoms with van der Waals surface area (Å²) in [6.45, 7) is 10.7. The summed E-state index contributed by atoms with van der Waals surface area (Å²) in [7, 11) is 6.19. The first-order chi connectivity index (χ1) is 8.31. The summed E-state index contributed by atoms with van der Waals surface area (Å²) >= 11 is 0. The van der Waals surface area contributed by atoms with Crippen molar-refractivity contribution in [1.29, 1.82) is 0 Å². The first-order valence-electron chi connectivity index (χ1n) is 6.69. The maximum Gasteiger partial charge on any atom is 0.191 e. The van der Waals surface area contributed by atoms with Gasteiger partial charge in [0.1, 0.15) is 0 Å². The number of rotatable bonds is 2. The molecule has 5 nitrogen and oxygen atoms in total. The Morgan fingerprint density at radius 3 is 2.50 bits per heavy atom. The molecule has 0 spiro atoms. The number of hydrogen-bond donors (Lipinski definition) is 2. The Morgan fingerprint density at radius 1 is 1.28 bits per heavy atom. The molecule has 1 atom stereocenters. The molecule has 0 aliphatic carbocycles. The van der Waals surface area contributed by atoms with E-state index in [0.717, 1.165) is 32.1 Å². The fraction of sp³-hybridized carbons (Fsp3) is 0.923. The Labute approximate surface area is 112 Å². The Hall–Kier alpha value is -0.810. The Kier molecular flexibility index (Phi) is 5.41. The second-order valence-corrected chi connectivity index (χ2v) is 6.22. The van der Waals surface area contributed by atoms with Gasteiger partial charge in [-0.1, -0.05) is 0 Å². The zero-order valence-corrected chi connectivity index (χ0v) is 12.7. The molecule has 0 bridgehead atoms. The summed E-state index contributed by atoms with van der Waals surface area (Å²) in [6, 6.07) is 0.544. The monoisotopic (exact) mass is 255 g/mol. The number of piperazine rings is 1. The second-order valence-electron chi connectivity index (χ2n) is 6.22. The van der Waals surface area contributed by atoms with E-state index in [2.05, 4.69) is 60.3 Å². The van der Waals surface area contributed by atoms with E-state index in [4.69, 9.17) is 0 Å². The molecule has 1 aliphatic rings. The van der Waals surface area contributed by atoms with E-state index < -0.39 is 0 Å². The maximum atomic E-state index is 4.26. The standard InChI is InChI=1S/C13H29N5/c1-13(2,3)16-12(14-4)15-9-11-10-17(5)7-8-18(11)6/h11H,7-10H2,1-6H3,(H2,14,15,16). The second kappa shape index (κ2) is 6.38. The van der Waals surface area contributed by atoms with Gasteiger partial charge in [-0.25, -0.2) is 0 Å². The molecule has 106 valence electrons. The van der Waals surface area contributed by atoms with Crippen LogP contribution in [0, 0.1) is 0 Å². The van der Waals surface area contributed by atoms with Gasteiger partial charge in [0.15, 0.2) is 5.96 Å². The number of guanidine groups is 1. The highest BCUT2D eigenvalue weighted by atomic mass is 15.3. The molecule has 1 unspecified atom stereocenters. The van der Waals surface area contributed by atoms with E-state index in [-0.39, 0.29) is 5.54 Å². The van der Waals surface area contributed by atoms with Crippen LogP contribution in [0.15, 0.2) is 4.99 Å². The molecule has 1 heterocycles. The summed E-state index contributed by atoms with van der Waals surface area (Å²) < 4.78 is 0. The van der Waals surface area contributed by atoms with Gasteiger partial charge in [0.05, 0.1) is 0 Å². The minimum absolute atomic E-state index is 0.0388. The molecule has 0 aromatic carbocycles. The number of likely N-dealkylation sites (N-methyl/N-ethyl adjacent to an activating group) is 2. The van der Waals surface area contributed by atoms with Crippen LogP contribution in [-0.4, -0.2) is 74.7 Å². The number of nitrogens with zero attached hydrogens (tertiary/aromatic N) is 3. The normalized spacial score (nSPS) is 24.1. The van der Waals surface area contributed by atoms with Crippen LogP contribution in [0.5, 0.6) is 0 Å². The van der Waals surface area contributed by atoms with Crippen LogP contribution < -0.4 is 10.6 Å². The van der Waals surface area contributed by atoms with Crippen LogP contribution in [-0.2, 0) is 0 Å². The van der Waals surface area contributed by atoms with Gasteiger partial charge in [0.2, 0.25) is 0 Å². The van der Waals surface area contributed by atoms with Crippen molar-refractivity contribution in [3.05, 3.63) is 0 Å². The smallest absolute Gasteiger partial charge is 0.191 e. The van der Waals surface area contributed by atoms with Crippen LogP contribution in [0.1, 0.15) is 20.8 Å². The van der Waals surface area contributed by atoms with E-state index in [0.29, 0.717) is 6.04 Å². The third kappa shape index (κ3) is 5.23. The summed E-state index contributed by atoms with van der Waals surface area (Å²) in [4.78, 5) is 9.06. The molecule has 0 saturated carbocycles. The Morgan fingerprint density at radius 2 is 1.94 bits per heavy atom. The van der Waals surface area contributed by atoms with Crippen LogP contribution in [0.25, 0.3) is 0 Å². The van der Waals surface area contributed by atoms with E-state index >= 15 is 0 Å². The van der Waals surface area contributed by atoms with Gasteiger partial charge in [-0.15, -0.1) is 0 Å². The van der Waals surface area contributed by atoms with Crippen molar-refractivity contribution in [1.82, 2.24) is 20.4 Å². The largest absolute Gasteiger partial charge is 0.355 e. The number of hydrogen-bond acceptors (Lipinski definition) is 3. The molecule has 1 aliphatic heterocycles. The zero-order valence-electron chi connectivity index (χ0n) is 12.7. The lowest BCUT2D eigenvalue weighted by molar-refractivity contribution is 0.116. The molecule has 0 amide bonds. The summed E-state index contributed by atoms with van der Waals surface area (Å²) in [5.74, 6) is 0.879. The Balaban J connectivity index is 2.42. The van der Waals surface area contributed by atoms with E-state index in [1.165, 1.54) is 0 Å². The molecule has 1 rings (SSSR count). The summed E-state index contributed by atoms with van der Waals surface area (Å²) in [5.41, 5.74) is 0.0388. The third-order valence-corrected chi connectivity index (χ3v) is 3.20. The minimum atomic E-state index is 0.0388. The maximum absolute atomic E-state index is 4.26. The van der Waals surface area contributed by atoms with Gasteiger partial charge in [0, 0.05) is 44.8 Å². The lowest BCUT2D eigenvalue weighted by atomic mass is 10.1. The fourth-order valence-electron chi connectivity index (χ4n) is 2.07. The highest BCUT2D eigenvalue weighted by Crippen LogP contribution is 2.05. The summed E-state index contributed by atoms with van der Waals surface area (Å²) in [6.07, 6.45) is 0. The van der Waals surface area contributed by atoms with Gasteiger partial charge >= 0.3 is 0 Å². The molecular formula is C13H29N5. The van der Waals surface area contributed by atoms with E-state index in [1.807, 2.05) is 7.05 Å². The van der Waals surface area contributed by atoms with Crippen LogP contribution in [0.4, 0.5) is 0 Å². The van der Waals surface area contributed by atoms with E-state index in [1.54, 1.807) is 0 Å². The van der Waals surface area contributed by atoms with Gasteiger partial charge in [-0.2, -0.15) is 0 Å². The van der Waals surface area contributed by atoms with Crippen molar-refractivity contribution in [3.8, 4) is 0 Å². The first-order valence-corrected chi connectivity index (χ1v) is 6.69. The van der Waals surface area contributed by atoms with Crippen molar-refractivity contribution in [2.75, 3.05) is 47.3 Å². The molecule has 0 radical (unpaired) electrons. The predicted octanol–water partition coefficient (Wildman–Crippen LogP) is 0.196. The Bertz CT molecular complexity index is 282. The minimum Gasteiger partial charge on any atom is -0.355 e. The molecule has 18 heavy (non-hydrogen) atoms.